The summed E-state index contributed by atoms with van der Waals surface area (Å²) in [4.78, 5) is 16.2. The second-order valence-corrected chi connectivity index (χ2v) is 4.77. The molecular formula is C13H8F2N2OS. The van der Waals surface area contributed by atoms with Gasteiger partial charge in [-0.1, -0.05) is 0 Å². The second kappa shape index (κ2) is 5.24. The number of Topliss-reactive ketones (excluding diaryl/α,β-unsaturated/α-hetero) is 1. The number of benzene rings is 1. The smallest absolute Gasteiger partial charge is 0.187 e. The van der Waals surface area contributed by atoms with Crippen LogP contribution in [0.5, 0.6) is 0 Å². The number of nitrogens with zero attached hydrogens (tertiary/aromatic N) is 2. The Labute approximate surface area is 112 Å². The largest absolute Gasteiger partial charge is 0.292 e. The molecule has 0 aliphatic heterocycles. The highest BCUT2D eigenvalue weighted by molar-refractivity contribution is 7.10. The topological polar surface area (TPSA) is 53.8 Å². The Kier molecular flexibility index (Phi) is 3.67. The fraction of sp³-hybridized carbons (Fsp3) is 0.154. The van der Waals surface area contributed by atoms with Crippen LogP contribution in [-0.2, 0) is 0 Å². The molecule has 2 aromatic rings. The third kappa shape index (κ3) is 2.66. The molecule has 0 aliphatic carbocycles. The molecule has 2 rings (SSSR count). The van der Waals surface area contributed by atoms with Gasteiger partial charge in [-0.05, 0) is 25.1 Å². The lowest BCUT2D eigenvalue weighted by molar-refractivity contribution is 0.0978. The third-order valence-corrected chi connectivity index (χ3v) is 3.51. The molecule has 1 unspecified atom stereocenters. The van der Waals surface area contributed by atoms with Crippen molar-refractivity contribution in [2.24, 2.45) is 0 Å². The van der Waals surface area contributed by atoms with Crippen LogP contribution in [-0.4, -0.2) is 10.8 Å². The standard InChI is InChI=1S/C13H8F2N2OS/c1-7-6-19-13(17-7)9(5-16)12(18)8-2-3-10(14)11(15)4-8/h2-4,6,9H,1H3. The van der Waals surface area contributed by atoms with Crippen LogP contribution in [0.25, 0.3) is 0 Å². The van der Waals surface area contributed by atoms with Gasteiger partial charge >= 0.3 is 0 Å². The number of carbonyl (C=O) groups is 1. The number of carbonyl (C=O) groups excluding carboxylic acids is 1. The minimum absolute atomic E-state index is 0.0432. The number of nitriles is 1. The van der Waals surface area contributed by atoms with E-state index in [4.69, 9.17) is 5.26 Å². The van der Waals surface area contributed by atoms with E-state index >= 15 is 0 Å². The molecule has 0 bridgehead atoms. The molecule has 0 N–H and O–H groups in total. The molecule has 0 spiro atoms. The van der Waals surface area contributed by atoms with Gasteiger partial charge in [-0.3, -0.25) is 4.79 Å². The SMILES string of the molecule is Cc1csc(C(C#N)C(=O)c2ccc(F)c(F)c2)n1. The molecule has 96 valence electrons. The maximum Gasteiger partial charge on any atom is 0.187 e. The second-order valence-electron chi connectivity index (χ2n) is 3.88. The molecule has 1 atom stereocenters. The zero-order chi connectivity index (χ0) is 14.0. The number of ketones is 1. The highest BCUT2D eigenvalue weighted by atomic mass is 32.1. The van der Waals surface area contributed by atoms with Gasteiger partial charge in [0.1, 0.15) is 5.01 Å². The van der Waals surface area contributed by atoms with Gasteiger partial charge in [0.15, 0.2) is 23.3 Å². The summed E-state index contributed by atoms with van der Waals surface area (Å²) in [5, 5.41) is 11.1. The zero-order valence-electron chi connectivity index (χ0n) is 9.85. The van der Waals surface area contributed by atoms with Gasteiger partial charge in [-0.25, -0.2) is 13.8 Å². The van der Waals surface area contributed by atoms with Crippen molar-refractivity contribution in [1.29, 1.82) is 5.26 Å². The van der Waals surface area contributed by atoms with Gasteiger partial charge < -0.3 is 0 Å². The Morgan fingerprint density at radius 1 is 1.42 bits per heavy atom. The fourth-order valence-corrected chi connectivity index (χ4v) is 2.38. The first-order chi connectivity index (χ1) is 9.02. The van der Waals surface area contributed by atoms with Gasteiger partial charge in [0, 0.05) is 16.6 Å². The van der Waals surface area contributed by atoms with Gasteiger partial charge in [0.2, 0.25) is 0 Å². The minimum Gasteiger partial charge on any atom is -0.292 e. The summed E-state index contributed by atoms with van der Waals surface area (Å²) in [6.45, 7) is 1.75. The summed E-state index contributed by atoms with van der Waals surface area (Å²) >= 11 is 1.19. The number of halogens is 2. The molecule has 0 fully saturated rings. The predicted octanol–water partition coefficient (Wildman–Crippen LogP) is 3.22. The summed E-state index contributed by atoms with van der Waals surface area (Å²) in [7, 11) is 0. The Morgan fingerprint density at radius 2 is 2.16 bits per heavy atom. The summed E-state index contributed by atoms with van der Waals surface area (Å²) in [6, 6.07) is 4.66. The van der Waals surface area contributed by atoms with E-state index < -0.39 is 23.3 Å². The van der Waals surface area contributed by atoms with E-state index in [1.165, 1.54) is 11.3 Å². The van der Waals surface area contributed by atoms with Crippen molar-refractivity contribution in [2.75, 3.05) is 0 Å². The number of aromatic nitrogens is 1. The number of hydrogen-bond acceptors (Lipinski definition) is 4. The minimum atomic E-state index is -1.11. The maximum absolute atomic E-state index is 13.1. The van der Waals surface area contributed by atoms with Crippen LogP contribution in [0.1, 0.15) is 27.0 Å². The van der Waals surface area contributed by atoms with Crippen molar-refractivity contribution in [3.05, 3.63) is 51.5 Å². The first-order valence-corrected chi connectivity index (χ1v) is 6.22. The quantitative estimate of drug-likeness (QED) is 0.810. The Morgan fingerprint density at radius 3 is 2.68 bits per heavy atom. The van der Waals surface area contributed by atoms with E-state index in [9.17, 15) is 13.6 Å². The van der Waals surface area contributed by atoms with E-state index in [0.29, 0.717) is 10.7 Å². The van der Waals surface area contributed by atoms with Crippen molar-refractivity contribution in [3.63, 3.8) is 0 Å². The first kappa shape index (κ1) is 13.3. The lowest BCUT2D eigenvalue weighted by Gasteiger charge is -2.05. The number of aryl methyl sites for hydroxylation is 1. The van der Waals surface area contributed by atoms with Crippen LogP contribution in [0, 0.1) is 29.9 Å². The predicted molar refractivity (Wildman–Crippen MR) is 65.9 cm³/mol. The van der Waals surface area contributed by atoms with Gasteiger partial charge in [0.05, 0.1) is 6.07 Å². The highest BCUT2D eigenvalue weighted by Gasteiger charge is 2.25. The molecule has 1 aromatic heterocycles. The average molecular weight is 278 g/mol. The van der Waals surface area contributed by atoms with Crippen LogP contribution in [0.2, 0.25) is 0 Å². The Hall–Kier alpha value is -2.13. The molecule has 6 heteroatoms. The monoisotopic (exact) mass is 278 g/mol. The van der Waals surface area contributed by atoms with Crippen LogP contribution >= 0.6 is 11.3 Å². The van der Waals surface area contributed by atoms with E-state index in [-0.39, 0.29) is 5.56 Å². The summed E-state index contributed by atoms with van der Waals surface area (Å²) in [5.74, 6) is -3.83. The highest BCUT2D eigenvalue weighted by Crippen LogP contribution is 2.24. The molecule has 0 radical (unpaired) electrons. The van der Waals surface area contributed by atoms with E-state index in [1.54, 1.807) is 12.3 Å². The lowest BCUT2D eigenvalue weighted by Crippen LogP contribution is -2.11. The van der Waals surface area contributed by atoms with Crippen molar-refractivity contribution in [2.45, 2.75) is 12.8 Å². The Bertz CT molecular complexity index is 676. The lowest BCUT2D eigenvalue weighted by atomic mass is 9.99. The third-order valence-electron chi connectivity index (χ3n) is 2.48. The van der Waals surface area contributed by atoms with Gasteiger partial charge in [0.25, 0.3) is 0 Å². The molecule has 3 nitrogen and oxygen atoms in total. The molecule has 19 heavy (non-hydrogen) atoms. The molecule has 0 saturated heterocycles. The Balaban J connectivity index is 2.36. The molecule has 0 aliphatic rings. The fourth-order valence-electron chi connectivity index (χ4n) is 1.55. The first-order valence-electron chi connectivity index (χ1n) is 5.34. The van der Waals surface area contributed by atoms with E-state index in [0.717, 1.165) is 18.2 Å². The molecule has 1 heterocycles. The average Bonchev–Trinajstić information content (AvgIpc) is 2.80. The normalized spacial score (nSPS) is 11.9. The molecule has 0 saturated carbocycles. The number of hydrogen-bond donors (Lipinski definition) is 0. The van der Waals surface area contributed by atoms with Gasteiger partial charge in [-0.15, -0.1) is 11.3 Å². The summed E-state index contributed by atoms with van der Waals surface area (Å²) < 4.78 is 25.9. The van der Waals surface area contributed by atoms with Gasteiger partial charge in [-0.2, -0.15) is 5.26 Å². The van der Waals surface area contributed by atoms with E-state index in [1.807, 2.05) is 6.07 Å². The number of thiazole rings is 1. The van der Waals surface area contributed by atoms with Crippen molar-refractivity contribution in [1.82, 2.24) is 4.98 Å². The maximum atomic E-state index is 13.1. The van der Waals surface area contributed by atoms with E-state index in [2.05, 4.69) is 4.98 Å². The number of rotatable bonds is 3. The van der Waals surface area contributed by atoms with Crippen LogP contribution in [0.15, 0.2) is 23.6 Å². The zero-order valence-corrected chi connectivity index (χ0v) is 10.7. The van der Waals surface area contributed by atoms with Crippen LogP contribution in [0.4, 0.5) is 8.78 Å². The molecular weight excluding hydrogens is 270 g/mol. The van der Waals surface area contributed by atoms with Crippen molar-refractivity contribution in [3.8, 4) is 6.07 Å². The van der Waals surface area contributed by atoms with Crippen molar-refractivity contribution < 1.29 is 13.6 Å². The van der Waals surface area contributed by atoms with Crippen molar-refractivity contribution >= 4 is 17.1 Å². The van der Waals surface area contributed by atoms with Crippen LogP contribution in [0.3, 0.4) is 0 Å². The van der Waals surface area contributed by atoms with Crippen LogP contribution < -0.4 is 0 Å². The molecule has 0 amide bonds. The summed E-state index contributed by atoms with van der Waals surface area (Å²) in [5.41, 5.74) is 0.664. The summed E-state index contributed by atoms with van der Waals surface area (Å²) in [6.07, 6.45) is 0. The molecule has 1 aromatic carbocycles.